The maximum atomic E-state index is 13.0. The van der Waals surface area contributed by atoms with Crippen molar-refractivity contribution in [2.24, 2.45) is 11.7 Å². The third kappa shape index (κ3) is 9.39. The number of nitrogens with two attached hydrogens (primary N) is 1. The van der Waals surface area contributed by atoms with Crippen molar-refractivity contribution in [3.05, 3.63) is 18.2 Å². The van der Waals surface area contributed by atoms with Gasteiger partial charge in [-0.25, -0.2) is 4.98 Å². The van der Waals surface area contributed by atoms with Gasteiger partial charge in [0.15, 0.2) is 0 Å². The SMILES string of the molecule is CCC(C)C(NC(=O)C(N)CCSC)C(=O)NC(Cc1cnc[nH]1)C(=O)NCC(=O)O. The highest BCUT2D eigenvalue weighted by Crippen LogP contribution is 2.10. The fourth-order valence-electron chi connectivity index (χ4n) is 2.71. The van der Waals surface area contributed by atoms with E-state index >= 15 is 0 Å². The van der Waals surface area contributed by atoms with E-state index in [-0.39, 0.29) is 12.3 Å². The number of aromatic nitrogens is 2. The largest absolute Gasteiger partial charge is 0.480 e. The first-order valence-corrected chi connectivity index (χ1v) is 11.4. The van der Waals surface area contributed by atoms with Gasteiger partial charge in [0.05, 0.1) is 12.4 Å². The number of nitrogens with one attached hydrogen (secondary N) is 4. The van der Waals surface area contributed by atoms with E-state index in [9.17, 15) is 19.2 Å². The van der Waals surface area contributed by atoms with Gasteiger partial charge in [-0.05, 0) is 24.3 Å². The molecule has 3 amide bonds. The zero-order valence-electron chi connectivity index (χ0n) is 18.0. The van der Waals surface area contributed by atoms with E-state index in [0.29, 0.717) is 24.3 Å². The molecule has 1 heterocycles. The predicted octanol–water partition coefficient (Wildman–Crippen LogP) is -0.751. The summed E-state index contributed by atoms with van der Waals surface area (Å²) >= 11 is 1.57. The van der Waals surface area contributed by atoms with Gasteiger partial charge in [0, 0.05) is 18.3 Å². The first-order chi connectivity index (χ1) is 14.7. The Kier molecular flexibility index (Phi) is 11.6. The second-order valence-electron chi connectivity index (χ2n) is 7.21. The molecule has 0 aliphatic rings. The van der Waals surface area contributed by atoms with Crippen molar-refractivity contribution in [1.29, 1.82) is 0 Å². The summed E-state index contributed by atoms with van der Waals surface area (Å²) in [5, 5.41) is 16.4. The van der Waals surface area contributed by atoms with E-state index in [1.807, 2.05) is 20.1 Å². The highest BCUT2D eigenvalue weighted by Gasteiger charge is 2.31. The molecule has 174 valence electrons. The lowest BCUT2D eigenvalue weighted by Crippen LogP contribution is -2.58. The van der Waals surface area contributed by atoms with E-state index in [2.05, 4.69) is 25.9 Å². The van der Waals surface area contributed by atoms with Crippen molar-refractivity contribution in [2.45, 2.75) is 51.2 Å². The maximum absolute atomic E-state index is 13.0. The lowest BCUT2D eigenvalue weighted by molar-refractivity contribution is -0.138. The molecule has 0 spiro atoms. The molecule has 31 heavy (non-hydrogen) atoms. The molecule has 1 rings (SSSR count). The fraction of sp³-hybridized carbons (Fsp3) is 0.632. The molecule has 0 radical (unpaired) electrons. The zero-order chi connectivity index (χ0) is 23.4. The summed E-state index contributed by atoms with van der Waals surface area (Å²) in [5.41, 5.74) is 6.50. The lowest BCUT2D eigenvalue weighted by atomic mass is 9.97. The van der Waals surface area contributed by atoms with E-state index in [1.165, 1.54) is 12.5 Å². The number of carboxylic acids is 1. The molecule has 4 atom stereocenters. The van der Waals surface area contributed by atoms with Gasteiger partial charge in [-0.1, -0.05) is 20.3 Å². The molecule has 7 N–H and O–H groups in total. The van der Waals surface area contributed by atoms with Crippen molar-refractivity contribution in [3.8, 4) is 0 Å². The summed E-state index contributed by atoms with van der Waals surface area (Å²) in [4.78, 5) is 55.5. The van der Waals surface area contributed by atoms with Crippen LogP contribution < -0.4 is 21.7 Å². The van der Waals surface area contributed by atoms with Crippen LogP contribution >= 0.6 is 11.8 Å². The van der Waals surface area contributed by atoms with Gasteiger partial charge in [0.25, 0.3) is 0 Å². The van der Waals surface area contributed by atoms with Crippen LogP contribution in [-0.2, 0) is 25.6 Å². The van der Waals surface area contributed by atoms with Crippen LogP contribution in [-0.4, -0.2) is 75.4 Å². The summed E-state index contributed by atoms with van der Waals surface area (Å²) in [5.74, 6) is -2.35. The minimum absolute atomic E-state index is 0.0750. The van der Waals surface area contributed by atoms with Crippen LogP contribution in [0.4, 0.5) is 0 Å². The lowest BCUT2D eigenvalue weighted by Gasteiger charge is -2.27. The average Bonchev–Trinajstić information content (AvgIpc) is 3.25. The van der Waals surface area contributed by atoms with E-state index in [1.54, 1.807) is 11.8 Å². The third-order valence-corrected chi connectivity index (χ3v) is 5.43. The number of aromatic amines is 1. The van der Waals surface area contributed by atoms with Crippen molar-refractivity contribution in [2.75, 3.05) is 18.6 Å². The molecular formula is C19H32N6O5S. The van der Waals surface area contributed by atoms with Gasteiger partial charge in [-0.3, -0.25) is 19.2 Å². The summed E-state index contributed by atoms with van der Waals surface area (Å²) in [6.07, 6.45) is 6.00. The van der Waals surface area contributed by atoms with Crippen LogP contribution in [0.2, 0.25) is 0 Å². The first-order valence-electron chi connectivity index (χ1n) is 10.0. The number of hydrogen-bond donors (Lipinski definition) is 6. The average molecular weight is 457 g/mol. The van der Waals surface area contributed by atoms with Crippen LogP contribution in [0, 0.1) is 5.92 Å². The van der Waals surface area contributed by atoms with Crippen molar-refractivity contribution < 1.29 is 24.3 Å². The summed E-state index contributed by atoms with van der Waals surface area (Å²) < 4.78 is 0. The Morgan fingerprint density at radius 2 is 1.94 bits per heavy atom. The Labute approximate surface area is 185 Å². The molecule has 1 aromatic rings. The zero-order valence-corrected chi connectivity index (χ0v) is 18.8. The Balaban J connectivity index is 2.93. The predicted molar refractivity (Wildman–Crippen MR) is 117 cm³/mol. The van der Waals surface area contributed by atoms with Gasteiger partial charge in [-0.2, -0.15) is 11.8 Å². The van der Waals surface area contributed by atoms with Crippen LogP contribution in [0.25, 0.3) is 0 Å². The van der Waals surface area contributed by atoms with Crippen LogP contribution in [0.15, 0.2) is 12.5 Å². The van der Waals surface area contributed by atoms with Gasteiger partial charge in [0.2, 0.25) is 17.7 Å². The molecule has 0 aliphatic carbocycles. The Morgan fingerprint density at radius 1 is 1.23 bits per heavy atom. The monoisotopic (exact) mass is 456 g/mol. The second-order valence-corrected chi connectivity index (χ2v) is 8.20. The van der Waals surface area contributed by atoms with Gasteiger partial charge in [0.1, 0.15) is 18.6 Å². The molecule has 0 aliphatic heterocycles. The number of carboxylic acid groups (broad SMARTS) is 1. The molecule has 0 saturated carbocycles. The summed E-state index contributed by atoms with van der Waals surface area (Å²) in [7, 11) is 0. The number of amides is 3. The molecule has 4 unspecified atom stereocenters. The van der Waals surface area contributed by atoms with E-state index in [0.717, 1.165) is 0 Å². The van der Waals surface area contributed by atoms with Crippen LogP contribution in [0.1, 0.15) is 32.4 Å². The minimum atomic E-state index is -1.20. The standard InChI is InChI=1S/C19H32N6O5S/c1-4-11(2)16(25-17(28)13(20)5-6-31-3)19(30)24-14(7-12-8-21-10-23-12)18(29)22-9-15(26)27/h8,10-11,13-14,16H,4-7,9,20H2,1-3H3,(H,21,23)(H,22,29)(H,24,30)(H,25,28)(H,26,27). The van der Waals surface area contributed by atoms with Crippen LogP contribution in [0.5, 0.6) is 0 Å². The number of nitrogens with zero attached hydrogens (tertiary/aromatic N) is 1. The molecule has 11 nitrogen and oxygen atoms in total. The number of aliphatic carboxylic acids is 1. The quantitative estimate of drug-likeness (QED) is 0.211. The highest BCUT2D eigenvalue weighted by molar-refractivity contribution is 7.98. The van der Waals surface area contributed by atoms with E-state index < -0.39 is 48.4 Å². The molecule has 0 bridgehead atoms. The van der Waals surface area contributed by atoms with Crippen molar-refractivity contribution in [3.63, 3.8) is 0 Å². The molecule has 0 saturated heterocycles. The smallest absolute Gasteiger partial charge is 0.322 e. The maximum Gasteiger partial charge on any atom is 0.322 e. The third-order valence-electron chi connectivity index (χ3n) is 4.79. The second kappa shape index (κ2) is 13.7. The summed E-state index contributed by atoms with van der Waals surface area (Å²) in [6, 6.07) is -2.69. The molecule has 0 aromatic carbocycles. The highest BCUT2D eigenvalue weighted by atomic mass is 32.2. The summed E-state index contributed by atoms with van der Waals surface area (Å²) in [6.45, 7) is 3.11. The number of thioether (sulfide) groups is 1. The van der Waals surface area contributed by atoms with E-state index in [4.69, 9.17) is 10.8 Å². The number of imidazole rings is 1. The van der Waals surface area contributed by atoms with Crippen molar-refractivity contribution >= 4 is 35.5 Å². The number of carbonyl (C=O) groups excluding carboxylic acids is 3. The number of rotatable bonds is 14. The Hall–Kier alpha value is -2.60. The molecule has 1 aromatic heterocycles. The molecule has 12 heteroatoms. The Morgan fingerprint density at radius 3 is 2.48 bits per heavy atom. The van der Waals surface area contributed by atoms with Gasteiger partial charge in [-0.15, -0.1) is 0 Å². The number of H-pyrrole nitrogens is 1. The van der Waals surface area contributed by atoms with Gasteiger partial charge >= 0.3 is 5.97 Å². The Bertz CT molecular complexity index is 729. The van der Waals surface area contributed by atoms with Crippen molar-refractivity contribution in [1.82, 2.24) is 25.9 Å². The molecule has 0 fully saturated rings. The number of carbonyl (C=O) groups is 4. The van der Waals surface area contributed by atoms with Gasteiger partial charge < -0.3 is 31.8 Å². The number of hydrogen-bond acceptors (Lipinski definition) is 7. The first kappa shape index (κ1) is 26.4. The normalized spacial score (nSPS) is 14.7. The molecular weight excluding hydrogens is 424 g/mol. The van der Waals surface area contributed by atoms with Crippen LogP contribution in [0.3, 0.4) is 0 Å². The minimum Gasteiger partial charge on any atom is -0.480 e. The topological polar surface area (TPSA) is 179 Å². The fourth-order valence-corrected chi connectivity index (χ4v) is 3.20.